The van der Waals surface area contributed by atoms with Gasteiger partial charge in [-0.05, 0) is 23.6 Å². The predicted molar refractivity (Wildman–Crippen MR) is 68.6 cm³/mol. The van der Waals surface area contributed by atoms with Crippen molar-refractivity contribution in [2.45, 2.75) is 26.3 Å². The van der Waals surface area contributed by atoms with Gasteiger partial charge in [0.25, 0.3) is 0 Å². The van der Waals surface area contributed by atoms with Crippen molar-refractivity contribution in [2.75, 3.05) is 14.2 Å². The molecule has 0 spiro atoms. The monoisotopic (exact) mass is 287 g/mol. The number of hydrogen-bond donors (Lipinski definition) is 1. The van der Waals surface area contributed by atoms with E-state index in [1.165, 1.54) is 11.1 Å². The fourth-order valence-electron chi connectivity index (χ4n) is 1.77. The van der Waals surface area contributed by atoms with Gasteiger partial charge in [-0.2, -0.15) is 5.48 Å². The summed E-state index contributed by atoms with van der Waals surface area (Å²) in [7, 11) is 3.31. The molecule has 4 heteroatoms. The summed E-state index contributed by atoms with van der Waals surface area (Å²) in [4.78, 5) is 4.89. The van der Waals surface area contributed by atoms with Crippen LogP contribution in [0.1, 0.15) is 30.9 Å². The maximum atomic E-state index is 5.41. The average Bonchev–Trinajstić information content (AvgIpc) is 2.24. The summed E-state index contributed by atoms with van der Waals surface area (Å²) in [6.07, 6.45) is 0. The maximum absolute atomic E-state index is 5.41. The Bertz CT molecular complexity index is 353. The summed E-state index contributed by atoms with van der Waals surface area (Å²) in [5, 5.41) is 0. The van der Waals surface area contributed by atoms with E-state index in [1.807, 2.05) is 6.07 Å². The van der Waals surface area contributed by atoms with Crippen LogP contribution in [0.2, 0.25) is 0 Å². The molecule has 0 saturated carbocycles. The van der Waals surface area contributed by atoms with Gasteiger partial charge in [-0.15, -0.1) is 0 Å². The molecule has 0 radical (unpaired) electrons. The van der Waals surface area contributed by atoms with Crippen LogP contribution in [-0.4, -0.2) is 14.2 Å². The van der Waals surface area contributed by atoms with Gasteiger partial charge >= 0.3 is 0 Å². The van der Waals surface area contributed by atoms with Crippen LogP contribution < -0.4 is 10.2 Å². The second-order valence-electron chi connectivity index (χ2n) is 3.86. The highest BCUT2D eigenvalue weighted by Crippen LogP contribution is 2.33. The van der Waals surface area contributed by atoms with Gasteiger partial charge in [-0.3, -0.25) is 0 Å². The summed E-state index contributed by atoms with van der Waals surface area (Å²) in [5.41, 5.74) is 5.26. The molecule has 0 heterocycles. The fourth-order valence-corrected chi connectivity index (χ4v) is 2.25. The first-order valence-electron chi connectivity index (χ1n) is 5.22. The van der Waals surface area contributed by atoms with Gasteiger partial charge in [0.05, 0.1) is 14.2 Å². The van der Waals surface area contributed by atoms with E-state index in [-0.39, 0.29) is 0 Å². The Balaban J connectivity index is 3.15. The molecular formula is C12H18BrNO2. The van der Waals surface area contributed by atoms with Crippen molar-refractivity contribution < 1.29 is 9.57 Å². The largest absolute Gasteiger partial charge is 0.496 e. The van der Waals surface area contributed by atoms with Crippen molar-refractivity contribution in [3.8, 4) is 5.75 Å². The van der Waals surface area contributed by atoms with Gasteiger partial charge < -0.3 is 9.57 Å². The third kappa shape index (κ3) is 3.20. The molecule has 0 atom stereocenters. The van der Waals surface area contributed by atoms with Crippen LogP contribution >= 0.6 is 15.9 Å². The minimum absolute atomic E-state index is 0.414. The van der Waals surface area contributed by atoms with Gasteiger partial charge in [0.1, 0.15) is 5.75 Å². The second-order valence-corrected chi connectivity index (χ2v) is 4.78. The molecular weight excluding hydrogens is 270 g/mol. The standard InChI is InChI=1S/C12H18BrNO2/c1-8(2)12-9(7-14-16-4)5-10(13)6-11(12)15-3/h5-6,8,14H,7H2,1-4H3. The zero-order valence-corrected chi connectivity index (χ0v) is 11.7. The van der Waals surface area contributed by atoms with E-state index in [4.69, 9.17) is 9.57 Å². The number of methoxy groups -OCH3 is 1. The number of hydroxylamine groups is 1. The third-order valence-electron chi connectivity index (χ3n) is 2.40. The molecule has 0 aliphatic heterocycles. The lowest BCUT2D eigenvalue weighted by Gasteiger charge is -2.17. The normalized spacial score (nSPS) is 10.9. The zero-order chi connectivity index (χ0) is 12.1. The second kappa shape index (κ2) is 6.23. The first-order chi connectivity index (χ1) is 7.60. The predicted octanol–water partition coefficient (Wildman–Crippen LogP) is 3.23. The van der Waals surface area contributed by atoms with E-state index in [1.54, 1.807) is 14.2 Å². The highest BCUT2D eigenvalue weighted by atomic mass is 79.9. The lowest BCUT2D eigenvalue weighted by molar-refractivity contribution is 0.0864. The molecule has 3 nitrogen and oxygen atoms in total. The Hall–Kier alpha value is -0.580. The molecule has 0 aliphatic carbocycles. The van der Waals surface area contributed by atoms with Gasteiger partial charge in [-0.1, -0.05) is 29.8 Å². The molecule has 0 fully saturated rings. The van der Waals surface area contributed by atoms with E-state index < -0.39 is 0 Å². The molecule has 0 unspecified atom stereocenters. The van der Waals surface area contributed by atoms with Gasteiger partial charge in [0.2, 0.25) is 0 Å². The summed E-state index contributed by atoms with van der Waals surface area (Å²) in [6, 6.07) is 4.08. The molecule has 0 aromatic heterocycles. The smallest absolute Gasteiger partial charge is 0.123 e. The van der Waals surface area contributed by atoms with Crippen LogP contribution in [-0.2, 0) is 11.4 Å². The first kappa shape index (κ1) is 13.5. The van der Waals surface area contributed by atoms with Gasteiger partial charge in [0, 0.05) is 16.6 Å². The Morgan fingerprint density at radius 2 is 2.00 bits per heavy atom. The van der Waals surface area contributed by atoms with Crippen molar-refractivity contribution in [3.63, 3.8) is 0 Å². The molecule has 1 aromatic rings. The van der Waals surface area contributed by atoms with E-state index in [9.17, 15) is 0 Å². The van der Waals surface area contributed by atoms with E-state index in [2.05, 4.69) is 41.3 Å². The molecule has 0 aliphatic rings. The number of halogens is 1. The van der Waals surface area contributed by atoms with E-state index in [0.717, 1.165) is 10.2 Å². The summed E-state index contributed by atoms with van der Waals surface area (Å²) in [6.45, 7) is 4.98. The van der Waals surface area contributed by atoms with Crippen LogP contribution in [0, 0.1) is 0 Å². The lowest BCUT2D eigenvalue weighted by atomic mass is 9.96. The van der Waals surface area contributed by atoms with Crippen molar-refractivity contribution in [1.82, 2.24) is 5.48 Å². The van der Waals surface area contributed by atoms with E-state index >= 15 is 0 Å². The van der Waals surface area contributed by atoms with Gasteiger partial charge in [0.15, 0.2) is 0 Å². The summed E-state index contributed by atoms with van der Waals surface area (Å²) < 4.78 is 6.42. The number of rotatable bonds is 5. The highest BCUT2D eigenvalue weighted by molar-refractivity contribution is 9.10. The fraction of sp³-hybridized carbons (Fsp3) is 0.500. The van der Waals surface area contributed by atoms with Crippen molar-refractivity contribution in [1.29, 1.82) is 0 Å². The quantitative estimate of drug-likeness (QED) is 0.844. The highest BCUT2D eigenvalue weighted by Gasteiger charge is 2.14. The average molecular weight is 288 g/mol. The Morgan fingerprint density at radius 1 is 1.31 bits per heavy atom. The minimum atomic E-state index is 0.414. The summed E-state index contributed by atoms with van der Waals surface area (Å²) >= 11 is 3.48. The maximum Gasteiger partial charge on any atom is 0.123 e. The minimum Gasteiger partial charge on any atom is -0.496 e. The Morgan fingerprint density at radius 3 is 2.50 bits per heavy atom. The molecule has 0 amide bonds. The Kier molecular flexibility index (Phi) is 5.25. The number of hydrogen-bond acceptors (Lipinski definition) is 3. The van der Waals surface area contributed by atoms with Gasteiger partial charge in [-0.25, -0.2) is 0 Å². The third-order valence-corrected chi connectivity index (χ3v) is 2.85. The molecule has 16 heavy (non-hydrogen) atoms. The van der Waals surface area contributed by atoms with Crippen LogP contribution in [0.3, 0.4) is 0 Å². The number of benzene rings is 1. The molecule has 0 bridgehead atoms. The lowest BCUT2D eigenvalue weighted by Crippen LogP contribution is -2.13. The van der Waals surface area contributed by atoms with Crippen molar-refractivity contribution >= 4 is 15.9 Å². The van der Waals surface area contributed by atoms with E-state index in [0.29, 0.717) is 12.5 Å². The van der Waals surface area contributed by atoms with Crippen molar-refractivity contribution in [2.24, 2.45) is 0 Å². The summed E-state index contributed by atoms with van der Waals surface area (Å²) in [5.74, 6) is 1.33. The molecule has 1 rings (SSSR count). The number of nitrogens with one attached hydrogen (secondary N) is 1. The Labute approximate surface area is 105 Å². The van der Waals surface area contributed by atoms with Crippen molar-refractivity contribution in [3.05, 3.63) is 27.7 Å². The number of ether oxygens (including phenoxy) is 1. The van der Waals surface area contributed by atoms with Crippen LogP contribution in [0.15, 0.2) is 16.6 Å². The van der Waals surface area contributed by atoms with Crippen LogP contribution in [0.25, 0.3) is 0 Å². The molecule has 1 N–H and O–H groups in total. The first-order valence-corrected chi connectivity index (χ1v) is 6.01. The van der Waals surface area contributed by atoms with Crippen LogP contribution in [0.4, 0.5) is 0 Å². The zero-order valence-electron chi connectivity index (χ0n) is 10.1. The topological polar surface area (TPSA) is 30.5 Å². The van der Waals surface area contributed by atoms with Crippen LogP contribution in [0.5, 0.6) is 5.75 Å². The SMILES string of the molecule is CONCc1cc(Br)cc(OC)c1C(C)C. The molecule has 0 saturated heterocycles. The molecule has 90 valence electrons. The molecule has 1 aromatic carbocycles.